The van der Waals surface area contributed by atoms with Crippen molar-refractivity contribution >= 4 is 27.5 Å². The minimum Gasteiger partial charge on any atom is -0.309 e. The van der Waals surface area contributed by atoms with Gasteiger partial charge in [-0.1, -0.05) is 133 Å². The van der Waals surface area contributed by atoms with Crippen molar-refractivity contribution in [1.29, 1.82) is 0 Å². The van der Waals surface area contributed by atoms with E-state index in [9.17, 15) is 0 Å². The maximum absolute atomic E-state index is 5.08. The molecule has 256 valence electrons. The number of imidazole rings is 1. The topological polar surface area (TPSA) is 22.2 Å². The molecular formula is C51H37N3. The van der Waals surface area contributed by atoms with Gasteiger partial charge in [0.15, 0.2) is 0 Å². The predicted octanol–water partition coefficient (Wildman–Crippen LogP) is 13.4. The number of aromatic nitrogens is 3. The van der Waals surface area contributed by atoms with Crippen molar-refractivity contribution in [3.63, 3.8) is 0 Å². The number of hydrogen-bond acceptors (Lipinski definition) is 1. The minimum atomic E-state index is 0.934. The number of hydrogen-bond donors (Lipinski definition) is 0. The van der Waals surface area contributed by atoms with Crippen molar-refractivity contribution in [3.05, 3.63) is 199 Å². The molecule has 10 aromatic rings. The Balaban J connectivity index is 1.09. The summed E-state index contributed by atoms with van der Waals surface area (Å²) in [4.78, 5) is 5.08. The van der Waals surface area contributed by atoms with Crippen LogP contribution in [0.4, 0.5) is 0 Å². The van der Waals surface area contributed by atoms with Crippen LogP contribution in [0.1, 0.15) is 11.1 Å². The number of aryl methyl sites for hydroxylation is 2. The van der Waals surface area contributed by atoms with E-state index >= 15 is 0 Å². The molecule has 0 fully saturated rings. The third-order valence-electron chi connectivity index (χ3n) is 10.8. The Morgan fingerprint density at radius 2 is 1.04 bits per heavy atom. The van der Waals surface area contributed by atoms with Gasteiger partial charge >= 0.3 is 0 Å². The summed E-state index contributed by atoms with van der Waals surface area (Å²) in [6, 6.07) is 65.6. The lowest BCUT2D eigenvalue weighted by atomic mass is 9.87. The predicted molar refractivity (Wildman–Crippen MR) is 226 cm³/mol. The van der Waals surface area contributed by atoms with Gasteiger partial charge in [0.2, 0.25) is 0 Å². The molecule has 0 saturated heterocycles. The smallest absolute Gasteiger partial charge is 0.137 e. The second kappa shape index (κ2) is 12.9. The van der Waals surface area contributed by atoms with Crippen molar-refractivity contribution in [3.8, 4) is 61.6 Å². The molecule has 0 aliphatic carbocycles. The van der Waals surface area contributed by atoms with E-state index in [1.54, 1.807) is 0 Å². The SMILES string of the molecule is Cc1ccc(-n2c3ccccc3c3ccccc32)cc1-c1c(C)cccc1-c1cccc(-c2cccc(-c3c(-c4ccccc4)nc4ccccn34)c2)c1. The first-order chi connectivity index (χ1) is 26.6. The third-order valence-corrected chi connectivity index (χ3v) is 10.8. The van der Waals surface area contributed by atoms with E-state index < -0.39 is 0 Å². The van der Waals surface area contributed by atoms with Gasteiger partial charge in [0.25, 0.3) is 0 Å². The van der Waals surface area contributed by atoms with Crippen molar-refractivity contribution in [2.45, 2.75) is 13.8 Å². The highest BCUT2D eigenvalue weighted by Crippen LogP contribution is 2.41. The average Bonchev–Trinajstić information content (AvgIpc) is 3.78. The van der Waals surface area contributed by atoms with Gasteiger partial charge in [-0.2, -0.15) is 0 Å². The van der Waals surface area contributed by atoms with Crippen LogP contribution in [-0.2, 0) is 0 Å². The first-order valence-corrected chi connectivity index (χ1v) is 18.6. The van der Waals surface area contributed by atoms with Gasteiger partial charge in [0, 0.05) is 33.8 Å². The highest BCUT2D eigenvalue weighted by molar-refractivity contribution is 6.09. The zero-order valence-electron chi connectivity index (χ0n) is 30.2. The Bertz CT molecular complexity index is 2960. The lowest BCUT2D eigenvalue weighted by Crippen LogP contribution is -1.97. The standard InChI is InChI=1S/C51H37N3/c1-34-28-29-41(54-46-25-8-6-22-43(46)44-23-7-9-26-47(44)54)33-45(34)49-35(2)15-12-24-42(49)39-20-13-18-37(31-39)38-19-14-21-40(32-38)51-50(36-16-4-3-5-17-36)52-48-27-10-11-30-53(48)51/h3-33H,1-2H3. The summed E-state index contributed by atoms with van der Waals surface area (Å²) >= 11 is 0. The molecule has 0 radical (unpaired) electrons. The fraction of sp³-hybridized carbons (Fsp3) is 0.0392. The number of nitrogens with zero attached hydrogens (tertiary/aromatic N) is 3. The van der Waals surface area contributed by atoms with Crippen LogP contribution in [0.3, 0.4) is 0 Å². The van der Waals surface area contributed by atoms with Gasteiger partial charge in [-0.25, -0.2) is 4.98 Å². The monoisotopic (exact) mass is 691 g/mol. The third kappa shape index (κ3) is 5.24. The summed E-state index contributed by atoms with van der Waals surface area (Å²) in [5.41, 5.74) is 18.6. The molecule has 3 heterocycles. The largest absolute Gasteiger partial charge is 0.309 e. The second-order valence-corrected chi connectivity index (χ2v) is 14.1. The van der Waals surface area contributed by atoms with Crippen LogP contribution in [-0.4, -0.2) is 14.0 Å². The molecule has 0 spiro atoms. The first-order valence-electron chi connectivity index (χ1n) is 18.6. The fourth-order valence-electron chi connectivity index (χ4n) is 8.27. The van der Waals surface area contributed by atoms with E-state index in [4.69, 9.17) is 4.98 Å². The van der Waals surface area contributed by atoms with Gasteiger partial charge in [-0.3, -0.25) is 4.40 Å². The molecule has 7 aromatic carbocycles. The Morgan fingerprint density at radius 1 is 0.426 bits per heavy atom. The Kier molecular flexibility index (Phi) is 7.59. The first kappa shape index (κ1) is 31.7. The van der Waals surface area contributed by atoms with E-state index in [0.717, 1.165) is 39.4 Å². The maximum atomic E-state index is 5.08. The van der Waals surface area contributed by atoms with Crippen LogP contribution in [0, 0.1) is 13.8 Å². The molecule has 0 N–H and O–H groups in total. The molecule has 3 aromatic heterocycles. The molecule has 0 aliphatic heterocycles. The molecule has 3 heteroatoms. The number of rotatable bonds is 6. The summed E-state index contributed by atoms with van der Waals surface area (Å²) in [6.07, 6.45) is 2.11. The lowest BCUT2D eigenvalue weighted by Gasteiger charge is -2.18. The normalized spacial score (nSPS) is 11.5. The van der Waals surface area contributed by atoms with E-state index in [2.05, 4.69) is 205 Å². The lowest BCUT2D eigenvalue weighted by molar-refractivity contribution is 1.17. The number of para-hydroxylation sites is 2. The molecule has 0 amide bonds. The van der Waals surface area contributed by atoms with Crippen LogP contribution < -0.4 is 0 Å². The van der Waals surface area contributed by atoms with E-state index in [1.165, 1.54) is 60.8 Å². The van der Waals surface area contributed by atoms with Gasteiger partial charge in [-0.15, -0.1) is 0 Å². The van der Waals surface area contributed by atoms with Gasteiger partial charge in [0.1, 0.15) is 5.65 Å². The van der Waals surface area contributed by atoms with E-state index in [-0.39, 0.29) is 0 Å². The molecule has 0 aliphatic rings. The molecule has 0 atom stereocenters. The number of pyridine rings is 1. The number of benzene rings is 7. The molecule has 54 heavy (non-hydrogen) atoms. The zero-order valence-corrected chi connectivity index (χ0v) is 30.2. The van der Waals surface area contributed by atoms with Crippen LogP contribution in [0.25, 0.3) is 89.0 Å². The van der Waals surface area contributed by atoms with Crippen LogP contribution in [0.15, 0.2) is 188 Å². The van der Waals surface area contributed by atoms with E-state index in [0.29, 0.717) is 0 Å². The van der Waals surface area contributed by atoms with Gasteiger partial charge in [0.05, 0.1) is 22.4 Å². The Labute approximate surface area is 315 Å². The minimum absolute atomic E-state index is 0.934. The summed E-state index contributed by atoms with van der Waals surface area (Å²) in [5, 5.41) is 2.54. The van der Waals surface area contributed by atoms with Gasteiger partial charge < -0.3 is 4.57 Å². The molecule has 3 nitrogen and oxygen atoms in total. The van der Waals surface area contributed by atoms with Crippen LogP contribution in [0.5, 0.6) is 0 Å². The molecule has 0 bridgehead atoms. The Morgan fingerprint density at radius 3 is 1.80 bits per heavy atom. The van der Waals surface area contributed by atoms with Crippen molar-refractivity contribution < 1.29 is 0 Å². The summed E-state index contributed by atoms with van der Waals surface area (Å²) in [6.45, 7) is 4.46. The summed E-state index contributed by atoms with van der Waals surface area (Å²) in [7, 11) is 0. The highest BCUT2D eigenvalue weighted by Gasteiger charge is 2.19. The fourth-order valence-corrected chi connectivity index (χ4v) is 8.27. The average molecular weight is 692 g/mol. The molecule has 0 saturated carbocycles. The Hall–Kier alpha value is -6.97. The quantitative estimate of drug-likeness (QED) is 0.170. The molecular weight excluding hydrogens is 655 g/mol. The van der Waals surface area contributed by atoms with Crippen molar-refractivity contribution in [1.82, 2.24) is 14.0 Å². The second-order valence-electron chi connectivity index (χ2n) is 14.1. The molecule has 10 rings (SSSR count). The van der Waals surface area contributed by atoms with E-state index in [1.807, 2.05) is 6.07 Å². The van der Waals surface area contributed by atoms with Crippen LogP contribution >= 0.6 is 0 Å². The van der Waals surface area contributed by atoms with Gasteiger partial charge in [-0.05, 0) is 107 Å². The molecule has 0 unspecified atom stereocenters. The summed E-state index contributed by atoms with van der Waals surface area (Å²) < 4.78 is 4.61. The van der Waals surface area contributed by atoms with Crippen molar-refractivity contribution in [2.24, 2.45) is 0 Å². The maximum Gasteiger partial charge on any atom is 0.137 e. The zero-order chi connectivity index (χ0) is 36.2. The van der Waals surface area contributed by atoms with Crippen molar-refractivity contribution in [2.75, 3.05) is 0 Å². The highest BCUT2D eigenvalue weighted by atomic mass is 15.0. The van der Waals surface area contributed by atoms with Crippen LogP contribution in [0.2, 0.25) is 0 Å². The number of fused-ring (bicyclic) bond motifs is 4. The summed E-state index contributed by atoms with van der Waals surface area (Å²) in [5.74, 6) is 0.